The molecule has 0 heterocycles. The summed E-state index contributed by atoms with van der Waals surface area (Å²) in [6, 6.07) is 0. The average molecular weight is 1330 g/mol. The fraction of sp³-hybridized carbons (Fsp3) is 0.944. The van der Waals surface area contributed by atoms with Gasteiger partial charge in [0.25, 0.3) is 0 Å². The number of phosphoric ester groups is 2. The third kappa shape index (κ3) is 64.8. The van der Waals surface area contributed by atoms with E-state index in [2.05, 4.69) is 41.5 Å². The predicted molar refractivity (Wildman–Crippen MR) is 363 cm³/mol. The summed E-state index contributed by atoms with van der Waals surface area (Å²) in [7, 11) is -9.89. The van der Waals surface area contributed by atoms with Gasteiger partial charge >= 0.3 is 39.5 Å². The molecule has 2 unspecified atom stereocenters. The zero-order chi connectivity index (χ0) is 66.5. The molecule has 0 aromatic carbocycles. The molecule has 3 N–H and O–H groups in total. The molecule has 0 amide bonds. The van der Waals surface area contributed by atoms with Crippen LogP contribution in [0.15, 0.2) is 0 Å². The van der Waals surface area contributed by atoms with Crippen molar-refractivity contribution in [3.8, 4) is 0 Å². The third-order valence-electron chi connectivity index (χ3n) is 16.5. The van der Waals surface area contributed by atoms with Crippen LogP contribution in [0.1, 0.15) is 363 Å². The fourth-order valence-electron chi connectivity index (χ4n) is 10.8. The Bertz CT molecular complexity index is 1750. The van der Waals surface area contributed by atoms with Crippen LogP contribution in [0, 0.1) is 11.8 Å². The highest BCUT2D eigenvalue weighted by Gasteiger charge is 2.30. The van der Waals surface area contributed by atoms with E-state index in [4.69, 9.17) is 37.0 Å². The van der Waals surface area contributed by atoms with Gasteiger partial charge in [0.05, 0.1) is 26.4 Å². The Hall–Kier alpha value is -1.94. The highest BCUT2D eigenvalue weighted by atomic mass is 31.2. The maximum atomic E-state index is 13.0. The molecule has 0 aliphatic rings. The van der Waals surface area contributed by atoms with Gasteiger partial charge in [-0.15, -0.1) is 0 Å². The first-order valence-electron chi connectivity index (χ1n) is 37.0. The Morgan fingerprint density at radius 2 is 0.511 bits per heavy atom. The van der Waals surface area contributed by atoms with Gasteiger partial charge in [-0.2, -0.15) is 0 Å². The van der Waals surface area contributed by atoms with Gasteiger partial charge in [-0.05, 0) is 37.5 Å². The minimum Gasteiger partial charge on any atom is -0.462 e. The number of phosphoric acid groups is 2. The minimum atomic E-state index is -4.95. The lowest BCUT2D eigenvalue weighted by Gasteiger charge is -2.21. The molecule has 19 heteroatoms. The summed E-state index contributed by atoms with van der Waals surface area (Å²) in [5.41, 5.74) is 0. The molecule has 90 heavy (non-hydrogen) atoms. The topological polar surface area (TPSA) is 237 Å². The second-order valence-electron chi connectivity index (χ2n) is 26.6. The third-order valence-corrected chi connectivity index (χ3v) is 18.4. The molecule has 534 valence electrons. The van der Waals surface area contributed by atoms with Crippen LogP contribution in [0.3, 0.4) is 0 Å². The van der Waals surface area contributed by atoms with E-state index in [0.717, 1.165) is 115 Å². The van der Waals surface area contributed by atoms with Crippen molar-refractivity contribution in [2.45, 2.75) is 381 Å². The van der Waals surface area contributed by atoms with E-state index < -0.39 is 97.5 Å². The minimum absolute atomic E-state index is 0.105. The number of esters is 4. The van der Waals surface area contributed by atoms with Crippen molar-refractivity contribution in [2.24, 2.45) is 11.8 Å². The van der Waals surface area contributed by atoms with Crippen LogP contribution in [0.25, 0.3) is 0 Å². The normalized spacial score (nSPS) is 14.1. The van der Waals surface area contributed by atoms with Crippen LogP contribution >= 0.6 is 15.6 Å². The number of aliphatic hydroxyl groups excluding tert-OH is 1. The number of unbranched alkanes of at least 4 members (excludes halogenated alkanes) is 40. The summed E-state index contributed by atoms with van der Waals surface area (Å²) in [6.07, 6.45) is 48.7. The smallest absolute Gasteiger partial charge is 0.462 e. The molecule has 0 aromatic heterocycles. The molecular weight excluding hydrogens is 1190 g/mol. The molecule has 0 aliphatic heterocycles. The molecule has 5 atom stereocenters. The Morgan fingerprint density at radius 1 is 0.300 bits per heavy atom. The molecule has 0 spiro atoms. The highest BCUT2D eigenvalue weighted by Crippen LogP contribution is 2.45. The Kier molecular flexibility index (Phi) is 61.8. The van der Waals surface area contributed by atoms with Crippen LogP contribution in [0.5, 0.6) is 0 Å². The first-order chi connectivity index (χ1) is 43.4. The van der Waals surface area contributed by atoms with Crippen molar-refractivity contribution in [2.75, 3.05) is 39.6 Å². The van der Waals surface area contributed by atoms with Gasteiger partial charge in [0, 0.05) is 25.7 Å². The lowest BCUT2D eigenvalue weighted by atomic mass is 10.0. The Balaban J connectivity index is 5.18. The molecule has 0 aliphatic carbocycles. The average Bonchev–Trinajstić information content (AvgIpc) is 3.01. The summed E-state index contributed by atoms with van der Waals surface area (Å²) in [4.78, 5) is 72.4. The van der Waals surface area contributed by atoms with Gasteiger partial charge in [0.1, 0.15) is 19.3 Å². The number of carbonyl (C=O) groups excluding carboxylic acids is 4. The summed E-state index contributed by atoms with van der Waals surface area (Å²) >= 11 is 0. The zero-order valence-corrected chi connectivity index (χ0v) is 60.2. The molecule has 0 aromatic rings. The van der Waals surface area contributed by atoms with Gasteiger partial charge in [-0.3, -0.25) is 37.3 Å². The quantitative estimate of drug-likeness (QED) is 0.0222. The first-order valence-corrected chi connectivity index (χ1v) is 40.0. The summed E-state index contributed by atoms with van der Waals surface area (Å²) in [6.45, 7) is 9.54. The van der Waals surface area contributed by atoms with Gasteiger partial charge in [0.15, 0.2) is 12.2 Å². The van der Waals surface area contributed by atoms with E-state index >= 15 is 0 Å². The van der Waals surface area contributed by atoms with E-state index in [1.54, 1.807) is 0 Å². The first kappa shape index (κ1) is 88.1. The molecular formula is C71H138O17P2. The van der Waals surface area contributed by atoms with E-state index in [0.29, 0.717) is 25.7 Å². The molecule has 0 rings (SSSR count). The van der Waals surface area contributed by atoms with Crippen molar-refractivity contribution in [1.29, 1.82) is 0 Å². The van der Waals surface area contributed by atoms with Crippen LogP contribution in [0.4, 0.5) is 0 Å². The highest BCUT2D eigenvalue weighted by molar-refractivity contribution is 7.47. The molecule has 0 saturated carbocycles. The zero-order valence-electron chi connectivity index (χ0n) is 58.4. The Labute approximate surface area is 549 Å². The van der Waals surface area contributed by atoms with Gasteiger partial charge in [-0.25, -0.2) is 9.13 Å². The largest absolute Gasteiger partial charge is 0.472 e. The molecule has 0 saturated heterocycles. The van der Waals surface area contributed by atoms with Crippen LogP contribution < -0.4 is 0 Å². The number of rotatable bonds is 70. The monoisotopic (exact) mass is 1320 g/mol. The van der Waals surface area contributed by atoms with Crippen molar-refractivity contribution in [3.05, 3.63) is 0 Å². The van der Waals surface area contributed by atoms with Gasteiger partial charge in [0.2, 0.25) is 0 Å². The maximum Gasteiger partial charge on any atom is 0.472 e. The van der Waals surface area contributed by atoms with Crippen molar-refractivity contribution in [3.63, 3.8) is 0 Å². The van der Waals surface area contributed by atoms with Crippen LogP contribution in [-0.4, -0.2) is 96.7 Å². The summed E-state index contributed by atoms with van der Waals surface area (Å²) in [5.74, 6) is -0.534. The lowest BCUT2D eigenvalue weighted by molar-refractivity contribution is -0.161. The predicted octanol–water partition coefficient (Wildman–Crippen LogP) is 20.4. The molecule has 17 nitrogen and oxygen atoms in total. The van der Waals surface area contributed by atoms with Crippen molar-refractivity contribution in [1.82, 2.24) is 0 Å². The van der Waals surface area contributed by atoms with E-state index in [-0.39, 0.29) is 25.7 Å². The van der Waals surface area contributed by atoms with E-state index in [1.165, 1.54) is 167 Å². The number of ether oxygens (including phenoxy) is 4. The lowest BCUT2D eigenvalue weighted by Crippen LogP contribution is -2.30. The van der Waals surface area contributed by atoms with Gasteiger partial charge < -0.3 is 33.8 Å². The second kappa shape index (κ2) is 63.1. The SMILES string of the molecule is CCCCCCCCCCCC(=O)O[C@H](COC(=O)CCCCCCCCC)COP(=O)(O)OC[C@H](O)COP(=O)(O)OC[C@@H](COC(=O)CCCCCCCCCCCCCCCCC(C)C)OC(=O)CCCCCCCCCCCCCCCCC(C)C. The molecule has 0 radical (unpaired) electrons. The second-order valence-corrected chi connectivity index (χ2v) is 29.5. The number of hydrogen-bond donors (Lipinski definition) is 3. The summed E-state index contributed by atoms with van der Waals surface area (Å²) < 4.78 is 68.2. The maximum absolute atomic E-state index is 13.0. The van der Waals surface area contributed by atoms with Crippen molar-refractivity contribution >= 4 is 39.5 Å². The fourth-order valence-corrected chi connectivity index (χ4v) is 12.3. The van der Waals surface area contributed by atoms with Gasteiger partial charge in [-0.1, -0.05) is 311 Å². The Morgan fingerprint density at radius 3 is 0.756 bits per heavy atom. The standard InChI is InChI=1S/C71H138O17P2/c1-7-9-11-13-15-28-37-43-49-55-70(75)87-66(59-81-68(73)53-47-41-33-14-12-10-8-2)61-85-89(77,78)83-57-65(72)58-84-90(79,80)86-62-67(88-71(76)56-50-44-38-32-27-23-19-17-21-25-30-35-40-46-52-64(5)6)60-82-69(74)54-48-42-36-31-26-22-18-16-20-24-29-34-39-45-51-63(3)4/h63-67,72H,7-62H2,1-6H3,(H,77,78)(H,79,80)/t65-,66+,67+/m0/s1. The van der Waals surface area contributed by atoms with E-state index in [9.17, 15) is 43.2 Å². The van der Waals surface area contributed by atoms with Crippen LogP contribution in [-0.2, 0) is 65.4 Å². The number of hydrogen-bond acceptors (Lipinski definition) is 15. The van der Waals surface area contributed by atoms with E-state index in [1.807, 2.05) is 0 Å². The van der Waals surface area contributed by atoms with Crippen LogP contribution in [0.2, 0.25) is 0 Å². The summed E-state index contributed by atoms with van der Waals surface area (Å²) in [5, 5.41) is 10.6. The molecule has 0 bridgehead atoms. The molecule has 0 fully saturated rings. The number of aliphatic hydroxyl groups is 1. The van der Waals surface area contributed by atoms with Crippen molar-refractivity contribution < 1.29 is 80.2 Å². The number of carbonyl (C=O) groups is 4.